The van der Waals surface area contributed by atoms with Gasteiger partial charge in [0.1, 0.15) is 17.5 Å². The fourth-order valence-corrected chi connectivity index (χ4v) is 3.58. The number of pyridine rings is 1. The predicted octanol–water partition coefficient (Wildman–Crippen LogP) is 5.67. The van der Waals surface area contributed by atoms with Crippen LogP contribution in [0, 0.1) is 11.3 Å². The molecule has 4 rings (SSSR count). The number of hydrogen-bond acceptors (Lipinski definition) is 6. The molecule has 0 atom stereocenters. The quantitative estimate of drug-likeness (QED) is 0.366. The number of ether oxygens (including phenoxy) is 1. The van der Waals surface area contributed by atoms with Crippen molar-refractivity contribution in [1.29, 1.82) is 5.26 Å². The predicted molar refractivity (Wildman–Crippen MR) is 142 cm³/mol. The van der Waals surface area contributed by atoms with Gasteiger partial charge in [-0.05, 0) is 54.4 Å². The lowest BCUT2D eigenvalue weighted by atomic mass is 10.1. The number of anilines is 4. The van der Waals surface area contributed by atoms with E-state index in [0.29, 0.717) is 17.1 Å². The summed E-state index contributed by atoms with van der Waals surface area (Å²) in [5.41, 5.74) is 11.0. The van der Waals surface area contributed by atoms with Crippen LogP contribution < -0.4 is 20.7 Å². The van der Waals surface area contributed by atoms with Crippen LogP contribution >= 0.6 is 0 Å². The molecule has 4 aromatic rings. The number of methoxy groups -OCH3 is 1. The van der Waals surface area contributed by atoms with Crippen molar-refractivity contribution in [1.82, 2.24) is 4.98 Å². The van der Waals surface area contributed by atoms with E-state index < -0.39 is 0 Å². The molecular weight excluding hydrogens is 438 g/mol. The summed E-state index contributed by atoms with van der Waals surface area (Å²) in [6.45, 7) is 3.58. The van der Waals surface area contributed by atoms with Gasteiger partial charge in [-0.25, -0.2) is 4.98 Å². The maximum absolute atomic E-state index is 11.5. The summed E-state index contributed by atoms with van der Waals surface area (Å²) in [6.07, 6.45) is 1.08. The van der Waals surface area contributed by atoms with Crippen molar-refractivity contribution in [3.05, 3.63) is 84.1 Å². The number of para-hydroxylation sites is 1. The number of hydrogen-bond donors (Lipinski definition) is 2. The number of carbonyl (C=O) groups excluding carboxylic acids is 1. The highest BCUT2D eigenvalue weighted by Crippen LogP contribution is 2.35. The minimum absolute atomic E-state index is 0.177. The van der Waals surface area contributed by atoms with Gasteiger partial charge in [0.05, 0.1) is 24.0 Å². The maximum atomic E-state index is 11.5. The van der Waals surface area contributed by atoms with Gasteiger partial charge in [-0.1, -0.05) is 37.3 Å². The molecule has 0 saturated heterocycles. The van der Waals surface area contributed by atoms with E-state index in [9.17, 15) is 10.1 Å². The Kier molecular flexibility index (Phi) is 8.25. The lowest BCUT2D eigenvalue weighted by Crippen LogP contribution is -2.13. The first-order chi connectivity index (χ1) is 16.9. The van der Waals surface area contributed by atoms with Crippen molar-refractivity contribution >= 4 is 39.6 Å². The van der Waals surface area contributed by atoms with Crippen LogP contribution in [0.3, 0.4) is 0 Å². The Hall–Kier alpha value is -4.57. The van der Waals surface area contributed by atoms with E-state index in [1.54, 1.807) is 19.2 Å². The zero-order valence-corrected chi connectivity index (χ0v) is 20.4. The molecule has 3 N–H and O–H groups in total. The van der Waals surface area contributed by atoms with Crippen LogP contribution in [0.25, 0.3) is 10.9 Å². The van der Waals surface area contributed by atoms with Crippen molar-refractivity contribution in [2.75, 3.05) is 30.1 Å². The van der Waals surface area contributed by atoms with Gasteiger partial charge in [0, 0.05) is 30.7 Å². The first-order valence-electron chi connectivity index (χ1n) is 11.2. The number of fused-ring (bicyclic) bond motifs is 1. The molecule has 0 aliphatic heterocycles. The van der Waals surface area contributed by atoms with Crippen LogP contribution in [0.2, 0.25) is 0 Å². The smallest absolute Gasteiger partial charge is 0.221 e. The Morgan fingerprint density at radius 1 is 1.11 bits per heavy atom. The Balaban J connectivity index is 0.000000320. The summed E-state index contributed by atoms with van der Waals surface area (Å²) in [5, 5.41) is 13.0. The number of aryl methyl sites for hydroxylation is 1. The van der Waals surface area contributed by atoms with E-state index in [2.05, 4.69) is 35.4 Å². The van der Waals surface area contributed by atoms with Crippen LogP contribution in [0.5, 0.6) is 5.75 Å². The van der Waals surface area contributed by atoms with Crippen LogP contribution in [0.15, 0.2) is 72.8 Å². The number of amides is 1. The van der Waals surface area contributed by atoms with Crippen molar-refractivity contribution in [3.8, 4) is 11.8 Å². The molecule has 1 heterocycles. The molecule has 0 unspecified atom stereocenters. The van der Waals surface area contributed by atoms with Crippen molar-refractivity contribution in [3.63, 3.8) is 0 Å². The molecule has 1 aromatic heterocycles. The number of carbonyl (C=O) groups is 1. The number of nitrogens with zero attached hydrogens (tertiary/aromatic N) is 3. The molecule has 0 radical (unpaired) electrons. The van der Waals surface area contributed by atoms with E-state index in [1.807, 2.05) is 60.5 Å². The Labute approximate surface area is 205 Å². The highest BCUT2D eigenvalue weighted by atomic mass is 16.5. The fraction of sp³-hybridized carbons (Fsp3) is 0.179. The summed E-state index contributed by atoms with van der Waals surface area (Å²) >= 11 is 0. The SMILES string of the molecule is CCc1ccc(N)cc1.COc1ccc(N(C)c2cc(C#N)nc3ccccc23)cc1NC(C)=O. The second-order valence-corrected chi connectivity index (χ2v) is 7.88. The molecule has 7 nitrogen and oxygen atoms in total. The van der Waals surface area contributed by atoms with Gasteiger partial charge in [0.2, 0.25) is 5.91 Å². The molecule has 1 amide bonds. The largest absolute Gasteiger partial charge is 0.495 e. The molecular formula is C28H29N5O2. The zero-order chi connectivity index (χ0) is 25.4. The molecule has 0 saturated carbocycles. The van der Waals surface area contributed by atoms with E-state index >= 15 is 0 Å². The Bertz CT molecular complexity index is 1360. The molecule has 178 valence electrons. The number of nitrogen functional groups attached to an aromatic ring is 1. The lowest BCUT2D eigenvalue weighted by Gasteiger charge is -2.23. The van der Waals surface area contributed by atoms with Crippen LogP contribution in [-0.2, 0) is 11.2 Å². The normalized spacial score (nSPS) is 10.0. The summed E-state index contributed by atoms with van der Waals surface area (Å²) in [6, 6.07) is 25.0. The van der Waals surface area contributed by atoms with E-state index in [-0.39, 0.29) is 5.91 Å². The van der Waals surface area contributed by atoms with Gasteiger partial charge < -0.3 is 20.7 Å². The third kappa shape index (κ3) is 6.27. The Morgan fingerprint density at radius 3 is 2.46 bits per heavy atom. The third-order valence-electron chi connectivity index (χ3n) is 5.44. The molecule has 0 bridgehead atoms. The third-order valence-corrected chi connectivity index (χ3v) is 5.44. The van der Waals surface area contributed by atoms with Gasteiger partial charge in [-0.3, -0.25) is 4.79 Å². The number of nitrogens with one attached hydrogen (secondary N) is 1. The molecule has 0 fully saturated rings. The summed E-state index contributed by atoms with van der Waals surface area (Å²) in [4.78, 5) is 17.8. The number of nitriles is 1. The summed E-state index contributed by atoms with van der Waals surface area (Å²) < 4.78 is 5.31. The van der Waals surface area contributed by atoms with E-state index in [4.69, 9.17) is 10.5 Å². The number of benzene rings is 3. The number of nitrogens with two attached hydrogens (primary N) is 1. The first kappa shape index (κ1) is 25.1. The number of aromatic nitrogens is 1. The molecule has 0 aliphatic rings. The molecule has 7 heteroatoms. The lowest BCUT2D eigenvalue weighted by molar-refractivity contribution is -0.114. The second kappa shape index (κ2) is 11.5. The highest BCUT2D eigenvalue weighted by Gasteiger charge is 2.14. The number of rotatable bonds is 5. The van der Waals surface area contributed by atoms with Gasteiger partial charge in [-0.15, -0.1) is 0 Å². The average molecular weight is 468 g/mol. The van der Waals surface area contributed by atoms with E-state index in [0.717, 1.165) is 34.4 Å². The van der Waals surface area contributed by atoms with Crippen LogP contribution in [0.1, 0.15) is 25.1 Å². The van der Waals surface area contributed by atoms with Gasteiger partial charge in [0.15, 0.2) is 0 Å². The average Bonchev–Trinajstić information content (AvgIpc) is 2.88. The van der Waals surface area contributed by atoms with Crippen molar-refractivity contribution in [2.45, 2.75) is 20.3 Å². The minimum atomic E-state index is -0.177. The zero-order valence-electron chi connectivity index (χ0n) is 20.4. The monoisotopic (exact) mass is 467 g/mol. The topological polar surface area (TPSA) is 104 Å². The van der Waals surface area contributed by atoms with Gasteiger partial charge in [0.25, 0.3) is 0 Å². The van der Waals surface area contributed by atoms with Crippen molar-refractivity contribution < 1.29 is 9.53 Å². The van der Waals surface area contributed by atoms with Crippen molar-refractivity contribution in [2.24, 2.45) is 0 Å². The minimum Gasteiger partial charge on any atom is -0.495 e. The highest BCUT2D eigenvalue weighted by molar-refractivity contribution is 5.95. The molecule has 0 aliphatic carbocycles. The fourth-order valence-electron chi connectivity index (χ4n) is 3.58. The first-order valence-corrected chi connectivity index (χ1v) is 11.2. The van der Waals surface area contributed by atoms with Gasteiger partial charge in [-0.2, -0.15) is 5.26 Å². The standard InChI is InChI=1S/C20H18N4O2.C8H11N/c1-13(25)22-18-11-15(8-9-20(18)26-3)24(2)19-10-14(12-21)23-17-7-5-4-6-16(17)19;1-2-7-3-5-8(9)6-4-7/h4-11H,1-3H3,(H,22,25);3-6H,2,9H2,1H3. The van der Waals surface area contributed by atoms with Crippen LogP contribution in [-0.4, -0.2) is 25.0 Å². The Morgan fingerprint density at radius 2 is 1.83 bits per heavy atom. The molecule has 35 heavy (non-hydrogen) atoms. The second-order valence-electron chi connectivity index (χ2n) is 7.88. The maximum Gasteiger partial charge on any atom is 0.221 e. The summed E-state index contributed by atoms with van der Waals surface area (Å²) in [7, 11) is 3.46. The summed E-state index contributed by atoms with van der Waals surface area (Å²) in [5.74, 6) is 0.402. The molecule has 0 spiro atoms. The van der Waals surface area contributed by atoms with Gasteiger partial charge >= 0.3 is 0 Å². The molecule has 3 aromatic carbocycles. The van der Waals surface area contributed by atoms with Crippen LogP contribution in [0.4, 0.5) is 22.7 Å². The van der Waals surface area contributed by atoms with E-state index in [1.165, 1.54) is 12.5 Å².